The Bertz CT molecular complexity index is 505. The summed E-state index contributed by atoms with van der Waals surface area (Å²) in [6, 6.07) is 5.50. The lowest BCUT2D eigenvalue weighted by atomic mass is 10.1. The molecule has 6 heteroatoms. The fraction of sp³-hybridized carbons (Fsp3) is 0.385. The molecular formula is C13H15BrN2O3. The Morgan fingerprint density at radius 2 is 2.37 bits per heavy atom. The van der Waals surface area contributed by atoms with E-state index in [2.05, 4.69) is 31.3 Å². The van der Waals surface area contributed by atoms with Crippen molar-refractivity contribution in [2.24, 2.45) is 0 Å². The van der Waals surface area contributed by atoms with Crippen LogP contribution in [-0.2, 0) is 16.1 Å². The molecule has 0 saturated carbocycles. The lowest BCUT2D eigenvalue weighted by Gasteiger charge is -2.12. The average molecular weight is 327 g/mol. The van der Waals surface area contributed by atoms with Gasteiger partial charge in [-0.3, -0.25) is 4.79 Å². The van der Waals surface area contributed by atoms with Gasteiger partial charge in [0.05, 0.1) is 12.7 Å². The molecule has 0 aromatic heterocycles. The monoisotopic (exact) mass is 326 g/mol. The van der Waals surface area contributed by atoms with Gasteiger partial charge in [0.15, 0.2) is 0 Å². The second-order valence-corrected chi connectivity index (χ2v) is 5.24. The minimum Gasteiger partial charge on any atom is -0.465 e. The molecule has 1 aromatic rings. The Morgan fingerprint density at radius 1 is 1.58 bits per heavy atom. The first-order chi connectivity index (χ1) is 9.10. The highest BCUT2D eigenvalue weighted by atomic mass is 79.9. The van der Waals surface area contributed by atoms with Gasteiger partial charge < -0.3 is 15.4 Å². The number of hydrogen-bond donors (Lipinski definition) is 2. The van der Waals surface area contributed by atoms with Gasteiger partial charge in [-0.25, -0.2) is 4.79 Å². The fourth-order valence-corrected chi connectivity index (χ4v) is 2.46. The van der Waals surface area contributed by atoms with E-state index in [-0.39, 0.29) is 17.9 Å². The number of benzene rings is 1. The molecule has 1 fully saturated rings. The van der Waals surface area contributed by atoms with Gasteiger partial charge in [0.2, 0.25) is 5.91 Å². The molecule has 1 atom stereocenters. The molecule has 1 aliphatic rings. The largest absolute Gasteiger partial charge is 0.465 e. The molecule has 5 nitrogen and oxygen atoms in total. The third-order valence-electron chi connectivity index (χ3n) is 3.03. The molecule has 1 aliphatic heterocycles. The molecule has 0 spiro atoms. The van der Waals surface area contributed by atoms with Crippen LogP contribution in [0.15, 0.2) is 22.7 Å². The smallest absolute Gasteiger partial charge is 0.337 e. The summed E-state index contributed by atoms with van der Waals surface area (Å²) in [5.74, 6) is -0.275. The van der Waals surface area contributed by atoms with Crippen molar-refractivity contribution in [3.05, 3.63) is 33.8 Å². The zero-order chi connectivity index (χ0) is 13.8. The summed E-state index contributed by atoms with van der Waals surface area (Å²) in [6.07, 6.45) is 0.512. The molecule has 0 radical (unpaired) electrons. The maximum Gasteiger partial charge on any atom is 0.337 e. The molecule has 1 aromatic carbocycles. The van der Waals surface area contributed by atoms with Crippen molar-refractivity contribution in [2.45, 2.75) is 19.0 Å². The quantitative estimate of drug-likeness (QED) is 0.816. The highest BCUT2D eigenvalue weighted by Gasteiger charge is 2.20. The lowest BCUT2D eigenvalue weighted by Crippen LogP contribution is -2.30. The van der Waals surface area contributed by atoms with E-state index in [1.165, 1.54) is 7.11 Å². The molecule has 1 heterocycles. The van der Waals surface area contributed by atoms with Crippen molar-refractivity contribution in [1.29, 1.82) is 0 Å². The van der Waals surface area contributed by atoms with E-state index >= 15 is 0 Å². The van der Waals surface area contributed by atoms with Crippen molar-refractivity contribution in [2.75, 3.05) is 13.7 Å². The van der Waals surface area contributed by atoms with Crippen LogP contribution in [0.5, 0.6) is 0 Å². The van der Waals surface area contributed by atoms with Gasteiger partial charge in [-0.15, -0.1) is 0 Å². The normalized spacial score (nSPS) is 18.2. The Kier molecular flexibility index (Phi) is 4.55. The maximum atomic E-state index is 11.4. The van der Waals surface area contributed by atoms with Crippen LogP contribution in [0.4, 0.5) is 0 Å². The van der Waals surface area contributed by atoms with E-state index in [0.717, 1.165) is 10.0 Å². The Morgan fingerprint density at radius 3 is 2.95 bits per heavy atom. The number of nitrogens with one attached hydrogen (secondary N) is 2. The van der Waals surface area contributed by atoms with Gasteiger partial charge in [-0.05, 0) is 17.7 Å². The number of ether oxygens (including phenoxy) is 1. The van der Waals surface area contributed by atoms with Crippen LogP contribution in [0.25, 0.3) is 0 Å². The van der Waals surface area contributed by atoms with Crippen molar-refractivity contribution < 1.29 is 14.3 Å². The number of carbonyl (C=O) groups is 2. The van der Waals surface area contributed by atoms with Crippen molar-refractivity contribution in [3.63, 3.8) is 0 Å². The van der Waals surface area contributed by atoms with Gasteiger partial charge >= 0.3 is 5.97 Å². The van der Waals surface area contributed by atoms with Crippen molar-refractivity contribution in [3.8, 4) is 0 Å². The zero-order valence-electron chi connectivity index (χ0n) is 10.5. The first kappa shape index (κ1) is 14.0. The Labute approximate surface area is 119 Å². The molecule has 2 N–H and O–H groups in total. The molecule has 0 aliphatic carbocycles. The predicted octanol–water partition coefficient (Wildman–Crippen LogP) is 1.21. The predicted molar refractivity (Wildman–Crippen MR) is 73.7 cm³/mol. The van der Waals surface area contributed by atoms with Gasteiger partial charge in [-0.2, -0.15) is 0 Å². The minimum absolute atomic E-state index is 0.0811. The summed E-state index contributed by atoms with van der Waals surface area (Å²) in [5, 5.41) is 6.08. The first-order valence-electron chi connectivity index (χ1n) is 5.97. The van der Waals surface area contributed by atoms with Crippen LogP contribution in [0.2, 0.25) is 0 Å². The lowest BCUT2D eigenvalue weighted by molar-refractivity contribution is -0.119. The van der Waals surface area contributed by atoms with E-state index in [4.69, 9.17) is 0 Å². The van der Waals surface area contributed by atoms with E-state index < -0.39 is 0 Å². The standard InChI is InChI=1S/C13H15BrN2O3/c1-19-13(18)8-2-3-9(11(14)4-8)6-15-10-5-12(17)16-7-10/h2-4,10,15H,5-7H2,1H3,(H,16,17). The van der Waals surface area contributed by atoms with Gasteiger partial charge in [-0.1, -0.05) is 22.0 Å². The van der Waals surface area contributed by atoms with E-state index in [1.807, 2.05) is 6.07 Å². The summed E-state index contributed by atoms with van der Waals surface area (Å²) in [6.45, 7) is 1.30. The number of halogens is 1. The fourth-order valence-electron chi connectivity index (χ4n) is 1.94. The third kappa shape index (κ3) is 3.54. The summed E-state index contributed by atoms with van der Waals surface area (Å²) in [7, 11) is 1.36. The number of carbonyl (C=O) groups excluding carboxylic acids is 2. The first-order valence-corrected chi connectivity index (χ1v) is 6.76. The van der Waals surface area contributed by atoms with Gasteiger partial charge in [0.1, 0.15) is 0 Å². The number of methoxy groups -OCH3 is 1. The van der Waals surface area contributed by atoms with Crippen molar-refractivity contribution in [1.82, 2.24) is 10.6 Å². The van der Waals surface area contributed by atoms with Gasteiger partial charge in [0, 0.05) is 30.0 Å². The summed E-state index contributed by atoms with van der Waals surface area (Å²) in [4.78, 5) is 22.4. The number of rotatable bonds is 4. The molecule has 19 heavy (non-hydrogen) atoms. The Hall–Kier alpha value is -1.40. The average Bonchev–Trinajstić information content (AvgIpc) is 2.82. The highest BCUT2D eigenvalue weighted by Crippen LogP contribution is 2.19. The zero-order valence-corrected chi connectivity index (χ0v) is 12.1. The highest BCUT2D eigenvalue weighted by molar-refractivity contribution is 9.10. The number of hydrogen-bond acceptors (Lipinski definition) is 4. The molecule has 1 saturated heterocycles. The van der Waals surface area contributed by atoms with Crippen LogP contribution >= 0.6 is 15.9 Å². The summed E-state index contributed by atoms with van der Waals surface area (Å²) in [5.41, 5.74) is 1.54. The second kappa shape index (κ2) is 6.16. The van der Waals surface area contributed by atoms with Crippen LogP contribution in [0.1, 0.15) is 22.3 Å². The van der Waals surface area contributed by atoms with E-state index in [9.17, 15) is 9.59 Å². The van der Waals surface area contributed by atoms with Crippen LogP contribution in [-0.4, -0.2) is 31.6 Å². The van der Waals surface area contributed by atoms with E-state index in [0.29, 0.717) is 25.1 Å². The Balaban J connectivity index is 1.97. The van der Waals surface area contributed by atoms with Crippen LogP contribution in [0.3, 0.4) is 0 Å². The van der Waals surface area contributed by atoms with Gasteiger partial charge in [0.25, 0.3) is 0 Å². The third-order valence-corrected chi connectivity index (χ3v) is 3.77. The summed E-state index contributed by atoms with van der Waals surface area (Å²) >= 11 is 3.44. The maximum absolute atomic E-state index is 11.4. The van der Waals surface area contributed by atoms with Crippen molar-refractivity contribution >= 4 is 27.8 Å². The number of amides is 1. The van der Waals surface area contributed by atoms with Crippen LogP contribution < -0.4 is 10.6 Å². The number of esters is 1. The summed E-state index contributed by atoms with van der Waals surface area (Å²) < 4.78 is 5.51. The molecule has 0 bridgehead atoms. The van der Waals surface area contributed by atoms with Crippen LogP contribution in [0, 0.1) is 0 Å². The molecule has 102 valence electrons. The SMILES string of the molecule is COC(=O)c1ccc(CNC2CNC(=O)C2)c(Br)c1. The second-order valence-electron chi connectivity index (χ2n) is 4.38. The minimum atomic E-state index is -0.356. The molecular weight excluding hydrogens is 312 g/mol. The molecule has 1 amide bonds. The van der Waals surface area contributed by atoms with E-state index in [1.54, 1.807) is 12.1 Å². The molecule has 2 rings (SSSR count). The topological polar surface area (TPSA) is 67.4 Å². The molecule has 1 unspecified atom stereocenters.